The maximum Gasteiger partial charge on any atom is 0.174 e. The van der Waals surface area contributed by atoms with Crippen LogP contribution in [-0.4, -0.2) is 43.4 Å². The standard InChI is InChI=1S/C16H25N3OS/c1-4-12(20)15-14(17)13(11-5-6-11)16(21-15)19-8-7-18(3)9-10(19)2/h10-11H,4-9,17H2,1-3H3. The van der Waals surface area contributed by atoms with E-state index >= 15 is 0 Å². The molecule has 1 unspecified atom stereocenters. The van der Waals surface area contributed by atoms with Crippen molar-refractivity contribution in [2.75, 3.05) is 37.3 Å². The van der Waals surface area contributed by atoms with Gasteiger partial charge >= 0.3 is 0 Å². The zero-order valence-corrected chi connectivity index (χ0v) is 14.0. The predicted molar refractivity (Wildman–Crippen MR) is 89.6 cm³/mol. The molecule has 1 saturated heterocycles. The number of piperazine rings is 1. The van der Waals surface area contributed by atoms with Gasteiger partial charge < -0.3 is 15.5 Å². The molecule has 0 spiro atoms. The molecule has 2 heterocycles. The fourth-order valence-corrected chi connectivity index (χ4v) is 4.68. The van der Waals surface area contributed by atoms with Crippen molar-refractivity contribution in [3.05, 3.63) is 10.4 Å². The van der Waals surface area contributed by atoms with E-state index < -0.39 is 0 Å². The van der Waals surface area contributed by atoms with Gasteiger partial charge in [0.25, 0.3) is 0 Å². The van der Waals surface area contributed by atoms with Gasteiger partial charge in [-0.1, -0.05) is 6.92 Å². The van der Waals surface area contributed by atoms with Crippen LogP contribution in [0.5, 0.6) is 0 Å². The van der Waals surface area contributed by atoms with Crippen molar-refractivity contribution in [2.45, 2.75) is 45.1 Å². The van der Waals surface area contributed by atoms with Crippen LogP contribution in [0.25, 0.3) is 0 Å². The number of likely N-dealkylation sites (N-methyl/N-ethyl adjacent to an activating group) is 1. The summed E-state index contributed by atoms with van der Waals surface area (Å²) in [5, 5.41) is 1.27. The molecular weight excluding hydrogens is 282 g/mol. The summed E-state index contributed by atoms with van der Waals surface area (Å²) in [6.45, 7) is 7.35. The summed E-state index contributed by atoms with van der Waals surface area (Å²) in [5.74, 6) is 0.772. The van der Waals surface area contributed by atoms with Gasteiger partial charge in [0.15, 0.2) is 5.78 Å². The smallest absolute Gasteiger partial charge is 0.174 e. The van der Waals surface area contributed by atoms with Crippen LogP contribution in [0.2, 0.25) is 0 Å². The van der Waals surface area contributed by atoms with Crippen LogP contribution in [0, 0.1) is 0 Å². The lowest BCUT2D eigenvalue weighted by molar-refractivity contribution is 0.0993. The second-order valence-corrected chi connectivity index (χ2v) is 7.42. The summed E-state index contributed by atoms with van der Waals surface area (Å²) in [5.41, 5.74) is 8.40. The summed E-state index contributed by atoms with van der Waals surface area (Å²) in [4.78, 5) is 17.8. The van der Waals surface area contributed by atoms with Crippen molar-refractivity contribution in [2.24, 2.45) is 0 Å². The van der Waals surface area contributed by atoms with E-state index in [1.807, 2.05) is 6.92 Å². The van der Waals surface area contributed by atoms with Gasteiger partial charge in [-0.3, -0.25) is 4.79 Å². The molecule has 1 atom stereocenters. The molecule has 5 heteroatoms. The molecule has 4 nitrogen and oxygen atoms in total. The first-order chi connectivity index (χ1) is 10.0. The van der Waals surface area contributed by atoms with E-state index in [-0.39, 0.29) is 5.78 Å². The molecular formula is C16H25N3OS. The Labute approximate surface area is 130 Å². The van der Waals surface area contributed by atoms with Crippen molar-refractivity contribution in [3.63, 3.8) is 0 Å². The lowest BCUT2D eigenvalue weighted by Gasteiger charge is -2.39. The highest BCUT2D eigenvalue weighted by atomic mass is 32.1. The van der Waals surface area contributed by atoms with Crippen LogP contribution in [0.15, 0.2) is 0 Å². The van der Waals surface area contributed by atoms with Crippen LogP contribution < -0.4 is 10.6 Å². The van der Waals surface area contributed by atoms with Gasteiger partial charge in [-0.2, -0.15) is 0 Å². The molecule has 1 aromatic rings. The minimum Gasteiger partial charge on any atom is -0.397 e. The molecule has 0 bridgehead atoms. The Hall–Kier alpha value is -1.07. The normalized spacial score (nSPS) is 23.6. The van der Waals surface area contributed by atoms with Crippen molar-refractivity contribution in [1.82, 2.24) is 4.90 Å². The number of carbonyl (C=O) groups is 1. The SMILES string of the molecule is CCC(=O)c1sc(N2CCN(C)CC2C)c(C2CC2)c1N. The molecule has 21 heavy (non-hydrogen) atoms. The van der Waals surface area contributed by atoms with Gasteiger partial charge in [-0.15, -0.1) is 11.3 Å². The number of ketones is 1. The number of hydrogen-bond acceptors (Lipinski definition) is 5. The quantitative estimate of drug-likeness (QED) is 0.869. The van der Waals surface area contributed by atoms with Crippen molar-refractivity contribution in [3.8, 4) is 0 Å². The van der Waals surface area contributed by atoms with E-state index in [4.69, 9.17) is 5.73 Å². The van der Waals surface area contributed by atoms with Gasteiger partial charge in [0.1, 0.15) is 0 Å². The third-order valence-corrected chi connectivity index (χ3v) is 5.91. The topological polar surface area (TPSA) is 49.6 Å². The Morgan fingerprint density at radius 2 is 2.10 bits per heavy atom. The van der Waals surface area contributed by atoms with E-state index in [1.165, 1.54) is 23.4 Å². The average molecular weight is 307 g/mol. The number of nitrogens with two attached hydrogens (primary N) is 1. The predicted octanol–water partition coefficient (Wildman–Crippen LogP) is 2.94. The van der Waals surface area contributed by atoms with E-state index in [1.54, 1.807) is 11.3 Å². The van der Waals surface area contributed by atoms with Gasteiger partial charge in [0.2, 0.25) is 0 Å². The molecule has 1 aliphatic heterocycles. The molecule has 0 amide bonds. The molecule has 3 rings (SSSR count). The van der Waals surface area contributed by atoms with E-state index in [0.717, 1.165) is 30.2 Å². The van der Waals surface area contributed by atoms with E-state index in [2.05, 4.69) is 23.8 Å². The Morgan fingerprint density at radius 1 is 1.38 bits per heavy atom. The zero-order chi connectivity index (χ0) is 15.1. The number of Topliss-reactive ketones (excluding diaryl/α,β-unsaturated/α-hetero) is 1. The molecule has 1 saturated carbocycles. The van der Waals surface area contributed by atoms with Gasteiger partial charge in [-0.05, 0) is 32.7 Å². The third-order valence-electron chi connectivity index (χ3n) is 4.62. The van der Waals surface area contributed by atoms with Gasteiger partial charge in [-0.25, -0.2) is 0 Å². The van der Waals surface area contributed by atoms with Crippen LogP contribution in [0.4, 0.5) is 10.7 Å². The lowest BCUT2D eigenvalue weighted by Crippen LogP contribution is -2.50. The second kappa shape index (κ2) is 5.61. The monoisotopic (exact) mass is 307 g/mol. The first kappa shape index (κ1) is 14.9. The fourth-order valence-electron chi connectivity index (χ4n) is 3.23. The largest absolute Gasteiger partial charge is 0.397 e. The number of anilines is 2. The molecule has 2 aliphatic rings. The van der Waals surface area contributed by atoms with Gasteiger partial charge in [0.05, 0.1) is 15.6 Å². The Bertz CT molecular complexity index is 550. The highest BCUT2D eigenvalue weighted by Crippen LogP contribution is 2.52. The first-order valence-corrected chi connectivity index (χ1v) is 8.75. The number of thiophene rings is 1. The van der Waals surface area contributed by atoms with Crippen LogP contribution >= 0.6 is 11.3 Å². The van der Waals surface area contributed by atoms with Crippen molar-refractivity contribution in [1.29, 1.82) is 0 Å². The van der Waals surface area contributed by atoms with Crippen molar-refractivity contribution < 1.29 is 4.79 Å². The summed E-state index contributed by atoms with van der Waals surface area (Å²) in [6.07, 6.45) is 2.97. The van der Waals surface area contributed by atoms with Crippen LogP contribution in [-0.2, 0) is 0 Å². The van der Waals surface area contributed by atoms with Crippen molar-refractivity contribution >= 4 is 27.8 Å². The number of carbonyl (C=O) groups excluding carboxylic acids is 1. The third kappa shape index (κ3) is 2.69. The fraction of sp³-hybridized carbons (Fsp3) is 0.688. The Balaban J connectivity index is 1.99. The minimum absolute atomic E-state index is 0.187. The average Bonchev–Trinajstić information content (AvgIpc) is 3.22. The number of hydrogen-bond donors (Lipinski definition) is 1. The van der Waals surface area contributed by atoms with E-state index in [0.29, 0.717) is 18.4 Å². The maximum absolute atomic E-state index is 12.2. The minimum atomic E-state index is 0.187. The van der Waals surface area contributed by atoms with E-state index in [9.17, 15) is 4.79 Å². The number of nitrogens with zero attached hydrogens (tertiary/aromatic N) is 2. The summed E-state index contributed by atoms with van der Waals surface area (Å²) >= 11 is 1.63. The molecule has 116 valence electrons. The molecule has 2 fully saturated rings. The Kier molecular flexibility index (Phi) is 3.97. The molecule has 2 N–H and O–H groups in total. The lowest BCUT2D eigenvalue weighted by atomic mass is 10.1. The summed E-state index contributed by atoms with van der Waals surface area (Å²) < 4.78 is 0. The molecule has 0 aromatic carbocycles. The molecule has 1 aromatic heterocycles. The highest BCUT2D eigenvalue weighted by Gasteiger charge is 2.36. The maximum atomic E-state index is 12.2. The number of rotatable bonds is 4. The molecule has 1 aliphatic carbocycles. The highest BCUT2D eigenvalue weighted by molar-refractivity contribution is 7.19. The van der Waals surface area contributed by atoms with Crippen LogP contribution in [0.1, 0.15) is 54.3 Å². The number of nitrogen functional groups attached to an aromatic ring is 1. The second-order valence-electron chi connectivity index (χ2n) is 6.42. The van der Waals surface area contributed by atoms with Gasteiger partial charge in [0, 0.05) is 37.7 Å². The Morgan fingerprint density at radius 3 is 2.67 bits per heavy atom. The molecule has 0 radical (unpaired) electrons. The van der Waals surface area contributed by atoms with Crippen LogP contribution in [0.3, 0.4) is 0 Å². The summed E-state index contributed by atoms with van der Waals surface area (Å²) in [6, 6.07) is 0.476. The zero-order valence-electron chi connectivity index (χ0n) is 13.2. The first-order valence-electron chi connectivity index (χ1n) is 7.93. The summed E-state index contributed by atoms with van der Waals surface area (Å²) in [7, 11) is 2.17.